The number of benzene rings is 1. The van der Waals surface area contributed by atoms with Gasteiger partial charge in [-0.3, -0.25) is 9.59 Å². The molecular formula is C20H26N2O3. The lowest BCUT2D eigenvalue weighted by Gasteiger charge is -2.35. The summed E-state index contributed by atoms with van der Waals surface area (Å²) < 4.78 is 5.37. The normalized spacial score (nSPS) is 32.6. The van der Waals surface area contributed by atoms with Crippen molar-refractivity contribution in [3.63, 3.8) is 0 Å². The van der Waals surface area contributed by atoms with Gasteiger partial charge in [0.1, 0.15) is 5.75 Å². The van der Waals surface area contributed by atoms with E-state index < -0.39 is 0 Å². The van der Waals surface area contributed by atoms with E-state index in [0.717, 1.165) is 36.3 Å². The Labute approximate surface area is 148 Å². The number of fused-ring (bicyclic) bond motifs is 1. The molecule has 0 aromatic heterocycles. The zero-order chi connectivity index (χ0) is 17.7. The third-order valence-corrected chi connectivity index (χ3v) is 6.00. The average molecular weight is 342 g/mol. The number of rotatable bonds is 4. The molecule has 0 unspecified atom stereocenters. The van der Waals surface area contributed by atoms with Crippen LogP contribution in [0, 0.1) is 23.7 Å². The summed E-state index contributed by atoms with van der Waals surface area (Å²) in [6.07, 6.45) is 2.72. The van der Waals surface area contributed by atoms with E-state index in [2.05, 4.69) is 19.2 Å². The summed E-state index contributed by atoms with van der Waals surface area (Å²) in [6, 6.07) is 5.76. The molecule has 1 heterocycles. The smallest absolute Gasteiger partial charge is 0.230 e. The van der Waals surface area contributed by atoms with Crippen LogP contribution < -0.4 is 15.0 Å². The quantitative estimate of drug-likeness (QED) is 0.915. The number of nitrogens with one attached hydrogen (secondary N) is 1. The highest BCUT2D eigenvalue weighted by Crippen LogP contribution is 2.44. The first kappa shape index (κ1) is 16.4. The number of carbonyl (C=O) groups excluding carboxylic acids is 2. The third-order valence-electron chi connectivity index (χ3n) is 6.00. The van der Waals surface area contributed by atoms with Crippen LogP contribution in [0.4, 0.5) is 5.69 Å². The average Bonchev–Trinajstić information content (AvgIpc) is 3.52. The molecule has 25 heavy (non-hydrogen) atoms. The lowest BCUT2D eigenvalue weighted by Crippen LogP contribution is -2.42. The van der Waals surface area contributed by atoms with Crippen LogP contribution >= 0.6 is 0 Å². The number of nitrogens with zero attached hydrogens (tertiary/aromatic N) is 1. The van der Waals surface area contributed by atoms with Gasteiger partial charge in [0, 0.05) is 29.6 Å². The minimum atomic E-state index is -0.0499. The van der Waals surface area contributed by atoms with Gasteiger partial charge in [0.15, 0.2) is 0 Å². The molecular weight excluding hydrogens is 316 g/mol. The molecule has 5 nitrogen and oxygen atoms in total. The fraction of sp³-hybridized carbons (Fsp3) is 0.600. The molecule has 0 spiro atoms. The van der Waals surface area contributed by atoms with Crippen LogP contribution in [-0.2, 0) is 9.59 Å². The van der Waals surface area contributed by atoms with E-state index in [1.54, 1.807) is 7.11 Å². The fourth-order valence-corrected chi connectivity index (χ4v) is 3.93. The van der Waals surface area contributed by atoms with Crippen LogP contribution in [0.15, 0.2) is 18.2 Å². The Balaban J connectivity index is 1.60. The van der Waals surface area contributed by atoms with Crippen molar-refractivity contribution in [1.29, 1.82) is 0 Å². The number of amides is 2. The second kappa shape index (κ2) is 6.04. The SMILES string of the molecule is COc1ccc2c(c1)[C@H](NC(=O)[C@@H]1C[C@@H]1C)CCN2C(=O)[C@@H]1C[C@@H]1C. The maximum absolute atomic E-state index is 12.8. The van der Waals surface area contributed by atoms with Crippen molar-refractivity contribution in [1.82, 2.24) is 5.32 Å². The van der Waals surface area contributed by atoms with Crippen molar-refractivity contribution >= 4 is 17.5 Å². The van der Waals surface area contributed by atoms with Crippen molar-refractivity contribution in [3.05, 3.63) is 23.8 Å². The van der Waals surface area contributed by atoms with Gasteiger partial charge in [-0.2, -0.15) is 0 Å². The highest BCUT2D eigenvalue weighted by atomic mass is 16.5. The Morgan fingerprint density at radius 3 is 2.44 bits per heavy atom. The van der Waals surface area contributed by atoms with E-state index in [1.807, 2.05) is 23.1 Å². The molecule has 1 aliphatic heterocycles. The maximum atomic E-state index is 12.8. The predicted molar refractivity (Wildman–Crippen MR) is 95.4 cm³/mol. The Bertz CT molecular complexity index is 717. The molecule has 2 fully saturated rings. The van der Waals surface area contributed by atoms with Gasteiger partial charge < -0.3 is 15.0 Å². The summed E-state index contributed by atoms with van der Waals surface area (Å²) in [5.41, 5.74) is 1.92. The first-order valence-corrected chi connectivity index (χ1v) is 9.29. The van der Waals surface area contributed by atoms with E-state index in [0.29, 0.717) is 18.4 Å². The highest BCUT2D eigenvalue weighted by Gasteiger charge is 2.44. The topological polar surface area (TPSA) is 58.6 Å². The first-order chi connectivity index (χ1) is 12.0. The van der Waals surface area contributed by atoms with Gasteiger partial charge in [-0.25, -0.2) is 0 Å². The number of carbonyl (C=O) groups is 2. The lowest BCUT2D eigenvalue weighted by molar-refractivity contribution is -0.123. The molecule has 2 saturated carbocycles. The van der Waals surface area contributed by atoms with Crippen LogP contribution in [0.1, 0.15) is 44.7 Å². The Morgan fingerprint density at radius 1 is 1.16 bits per heavy atom. The summed E-state index contributed by atoms with van der Waals surface area (Å²) in [5.74, 6) is 2.41. The summed E-state index contributed by atoms with van der Waals surface area (Å²) in [4.78, 5) is 27.1. The van der Waals surface area contributed by atoms with E-state index in [9.17, 15) is 9.59 Å². The maximum Gasteiger partial charge on any atom is 0.230 e. The highest BCUT2D eigenvalue weighted by molar-refractivity contribution is 5.98. The zero-order valence-electron chi connectivity index (χ0n) is 15.1. The Morgan fingerprint density at radius 2 is 1.84 bits per heavy atom. The van der Waals surface area contributed by atoms with Gasteiger partial charge >= 0.3 is 0 Å². The molecule has 4 rings (SSSR count). The number of hydrogen-bond acceptors (Lipinski definition) is 3. The van der Waals surface area contributed by atoms with Crippen molar-refractivity contribution < 1.29 is 14.3 Å². The molecule has 5 atom stereocenters. The van der Waals surface area contributed by atoms with Gasteiger partial charge in [-0.05, 0) is 49.3 Å². The molecule has 0 radical (unpaired) electrons. The second-order valence-electron chi connectivity index (χ2n) is 7.90. The third kappa shape index (κ3) is 3.00. The molecule has 2 amide bonds. The zero-order valence-corrected chi connectivity index (χ0v) is 15.1. The molecule has 3 aliphatic rings. The molecule has 0 saturated heterocycles. The van der Waals surface area contributed by atoms with E-state index in [1.165, 1.54) is 0 Å². The lowest BCUT2D eigenvalue weighted by atomic mass is 9.95. The van der Waals surface area contributed by atoms with Crippen LogP contribution in [0.5, 0.6) is 5.75 Å². The fourth-order valence-electron chi connectivity index (χ4n) is 3.93. The van der Waals surface area contributed by atoms with Crippen LogP contribution in [-0.4, -0.2) is 25.5 Å². The van der Waals surface area contributed by atoms with E-state index >= 15 is 0 Å². The molecule has 1 aromatic carbocycles. The largest absolute Gasteiger partial charge is 0.497 e. The predicted octanol–water partition coefficient (Wildman–Crippen LogP) is 2.90. The van der Waals surface area contributed by atoms with Gasteiger partial charge in [-0.15, -0.1) is 0 Å². The van der Waals surface area contributed by atoms with E-state index in [-0.39, 0.29) is 29.7 Å². The van der Waals surface area contributed by atoms with Gasteiger partial charge in [0.25, 0.3) is 0 Å². The van der Waals surface area contributed by atoms with Gasteiger partial charge in [-0.1, -0.05) is 13.8 Å². The van der Waals surface area contributed by atoms with Crippen molar-refractivity contribution in [2.45, 2.75) is 39.2 Å². The number of hydrogen-bond donors (Lipinski definition) is 1. The van der Waals surface area contributed by atoms with Crippen molar-refractivity contribution in [3.8, 4) is 5.75 Å². The number of ether oxygens (including phenoxy) is 1. The minimum absolute atomic E-state index is 0.0499. The van der Waals surface area contributed by atoms with Crippen LogP contribution in [0.3, 0.4) is 0 Å². The first-order valence-electron chi connectivity index (χ1n) is 9.29. The summed E-state index contributed by atoms with van der Waals surface area (Å²) >= 11 is 0. The second-order valence-corrected chi connectivity index (χ2v) is 7.90. The summed E-state index contributed by atoms with van der Waals surface area (Å²) in [6.45, 7) is 4.90. The summed E-state index contributed by atoms with van der Waals surface area (Å²) in [7, 11) is 1.64. The van der Waals surface area contributed by atoms with Gasteiger partial charge in [0.05, 0.1) is 13.2 Å². The standard InChI is InChI=1S/C20H26N2O3/c1-11-8-14(11)19(23)21-17-6-7-22(20(24)15-9-12(15)2)18-5-4-13(25-3)10-16(17)18/h4-5,10-12,14-15,17H,6-9H2,1-3H3,(H,21,23)/t11-,12-,14+,15+,17+/m0/s1. The molecule has 1 aromatic rings. The molecule has 2 aliphatic carbocycles. The molecule has 5 heteroatoms. The van der Waals surface area contributed by atoms with Crippen molar-refractivity contribution in [2.75, 3.05) is 18.6 Å². The van der Waals surface area contributed by atoms with E-state index in [4.69, 9.17) is 4.74 Å². The Hall–Kier alpha value is -2.04. The molecule has 134 valence electrons. The van der Waals surface area contributed by atoms with Crippen LogP contribution in [0.25, 0.3) is 0 Å². The molecule has 1 N–H and O–H groups in total. The minimum Gasteiger partial charge on any atom is -0.497 e. The molecule has 0 bridgehead atoms. The van der Waals surface area contributed by atoms with Gasteiger partial charge in [0.2, 0.25) is 11.8 Å². The Kier molecular flexibility index (Phi) is 3.97. The van der Waals surface area contributed by atoms with Crippen LogP contribution in [0.2, 0.25) is 0 Å². The number of methoxy groups -OCH3 is 1. The summed E-state index contributed by atoms with van der Waals surface area (Å²) in [5, 5.41) is 3.20. The number of anilines is 1. The monoisotopic (exact) mass is 342 g/mol. The van der Waals surface area contributed by atoms with Crippen molar-refractivity contribution in [2.24, 2.45) is 23.7 Å².